The van der Waals surface area contributed by atoms with Crippen LogP contribution in [-0.4, -0.2) is 9.97 Å². The van der Waals surface area contributed by atoms with E-state index in [9.17, 15) is 4.79 Å². The topological polar surface area (TPSA) is 45.8 Å². The third kappa shape index (κ3) is 2.91. The van der Waals surface area contributed by atoms with Crippen molar-refractivity contribution in [3.63, 3.8) is 0 Å². The highest BCUT2D eigenvalue weighted by Crippen LogP contribution is 2.17. The fourth-order valence-corrected chi connectivity index (χ4v) is 1.74. The normalized spacial score (nSPS) is 12.8. The highest BCUT2D eigenvalue weighted by Gasteiger charge is 2.11. The number of halogens is 1. The van der Waals surface area contributed by atoms with Crippen molar-refractivity contribution in [2.45, 2.75) is 46.0 Å². The number of nitrogens with zero attached hydrogens (tertiary/aromatic N) is 1. The van der Waals surface area contributed by atoms with Gasteiger partial charge in [0.1, 0.15) is 10.3 Å². The van der Waals surface area contributed by atoms with E-state index < -0.39 is 0 Å². The molecule has 1 unspecified atom stereocenters. The van der Waals surface area contributed by atoms with Crippen molar-refractivity contribution >= 4 is 15.9 Å². The van der Waals surface area contributed by atoms with Gasteiger partial charge < -0.3 is 4.98 Å². The Labute approximate surface area is 98.5 Å². The molecule has 0 radical (unpaired) electrons. The smallest absolute Gasteiger partial charge is 0.265 e. The molecular formula is C11H17BrN2O. The zero-order chi connectivity index (χ0) is 11.4. The molecule has 1 atom stereocenters. The summed E-state index contributed by atoms with van der Waals surface area (Å²) in [6, 6.07) is 0. The van der Waals surface area contributed by atoms with Crippen molar-refractivity contribution in [1.29, 1.82) is 0 Å². The zero-order valence-corrected chi connectivity index (χ0v) is 11.0. The monoisotopic (exact) mass is 272 g/mol. The van der Waals surface area contributed by atoms with Gasteiger partial charge in [0.05, 0.1) is 5.69 Å². The molecule has 1 aromatic heterocycles. The predicted octanol–water partition coefficient (Wildman–Crippen LogP) is 3.00. The summed E-state index contributed by atoms with van der Waals surface area (Å²) in [5.41, 5.74) is 0.806. The molecule has 1 aromatic rings. The minimum atomic E-state index is -0.0660. The van der Waals surface area contributed by atoms with Crippen molar-refractivity contribution < 1.29 is 0 Å². The molecule has 0 spiro atoms. The van der Waals surface area contributed by atoms with Crippen LogP contribution in [0.1, 0.15) is 51.0 Å². The quantitative estimate of drug-likeness (QED) is 0.916. The Morgan fingerprint density at radius 1 is 1.47 bits per heavy atom. The largest absolute Gasteiger partial charge is 0.309 e. The molecule has 0 amide bonds. The van der Waals surface area contributed by atoms with E-state index >= 15 is 0 Å². The average Bonchev–Trinajstić information content (AvgIpc) is 2.23. The summed E-state index contributed by atoms with van der Waals surface area (Å²) in [6.45, 7) is 6.24. The van der Waals surface area contributed by atoms with Gasteiger partial charge in [-0.15, -0.1) is 0 Å². The maximum Gasteiger partial charge on any atom is 0.265 e. The van der Waals surface area contributed by atoms with Gasteiger partial charge in [0, 0.05) is 5.92 Å². The lowest BCUT2D eigenvalue weighted by Gasteiger charge is -2.10. The highest BCUT2D eigenvalue weighted by molar-refractivity contribution is 9.10. The molecule has 0 aliphatic rings. The lowest BCUT2D eigenvalue weighted by atomic mass is 10.1. The lowest BCUT2D eigenvalue weighted by molar-refractivity contribution is 0.661. The van der Waals surface area contributed by atoms with Crippen LogP contribution in [0.4, 0.5) is 0 Å². The van der Waals surface area contributed by atoms with E-state index in [0.717, 1.165) is 30.8 Å². The average molecular weight is 273 g/mol. The number of H-pyrrole nitrogens is 1. The van der Waals surface area contributed by atoms with E-state index in [2.05, 4.69) is 46.7 Å². The summed E-state index contributed by atoms with van der Waals surface area (Å²) in [7, 11) is 0. The first-order chi connectivity index (χ1) is 7.10. The molecule has 0 bridgehead atoms. The minimum absolute atomic E-state index is 0.0660. The molecule has 0 fully saturated rings. The van der Waals surface area contributed by atoms with Crippen LogP contribution >= 0.6 is 15.9 Å². The van der Waals surface area contributed by atoms with Crippen LogP contribution in [0.5, 0.6) is 0 Å². The Morgan fingerprint density at radius 3 is 2.67 bits per heavy atom. The molecule has 0 saturated carbocycles. The Balaban J connectivity index is 3.17. The van der Waals surface area contributed by atoms with Crippen molar-refractivity contribution in [1.82, 2.24) is 9.97 Å². The van der Waals surface area contributed by atoms with Gasteiger partial charge in [-0.3, -0.25) is 4.79 Å². The van der Waals surface area contributed by atoms with E-state index in [1.807, 2.05) is 0 Å². The standard InChI is InChI=1S/C11H17BrN2O/c1-4-6-8-9(12)11(15)14-10(13-8)7(3)5-2/h7H,4-6H2,1-3H3,(H,13,14,15). The number of aryl methyl sites for hydroxylation is 1. The van der Waals surface area contributed by atoms with Gasteiger partial charge in [0.15, 0.2) is 0 Å². The van der Waals surface area contributed by atoms with Crippen molar-refractivity contribution in [3.05, 3.63) is 26.3 Å². The van der Waals surface area contributed by atoms with Gasteiger partial charge in [-0.1, -0.05) is 27.2 Å². The second-order valence-corrected chi connectivity index (χ2v) is 4.56. The summed E-state index contributed by atoms with van der Waals surface area (Å²) in [4.78, 5) is 18.9. The minimum Gasteiger partial charge on any atom is -0.309 e. The summed E-state index contributed by atoms with van der Waals surface area (Å²) < 4.78 is 0.580. The van der Waals surface area contributed by atoms with Crippen LogP contribution < -0.4 is 5.56 Å². The number of aromatic amines is 1. The van der Waals surface area contributed by atoms with Crippen LogP contribution in [0.15, 0.2) is 9.27 Å². The third-order valence-corrected chi connectivity index (χ3v) is 3.33. The first kappa shape index (κ1) is 12.4. The molecule has 1 heterocycles. The number of aromatic nitrogens is 2. The fourth-order valence-electron chi connectivity index (χ4n) is 1.35. The van der Waals surface area contributed by atoms with Crippen LogP contribution in [-0.2, 0) is 6.42 Å². The predicted molar refractivity (Wildman–Crippen MR) is 65.3 cm³/mol. The van der Waals surface area contributed by atoms with Crippen molar-refractivity contribution in [3.8, 4) is 0 Å². The molecule has 0 aliphatic carbocycles. The lowest BCUT2D eigenvalue weighted by Crippen LogP contribution is -2.17. The molecule has 15 heavy (non-hydrogen) atoms. The third-order valence-electron chi connectivity index (χ3n) is 2.52. The molecule has 84 valence electrons. The maximum absolute atomic E-state index is 11.6. The summed E-state index contributed by atoms with van der Waals surface area (Å²) in [5.74, 6) is 1.11. The molecule has 0 saturated heterocycles. The second kappa shape index (κ2) is 5.45. The number of hydrogen-bond donors (Lipinski definition) is 1. The van der Waals surface area contributed by atoms with Gasteiger partial charge in [0.2, 0.25) is 0 Å². The van der Waals surface area contributed by atoms with Crippen LogP contribution in [0.25, 0.3) is 0 Å². The van der Waals surface area contributed by atoms with Gasteiger partial charge in [0.25, 0.3) is 5.56 Å². The van der Waals surface area contributed by atoms with E-state index in [-0.39, 0.29) is 5.56 Å². The van der Waals surface area contributed by atoms with Crippen LogP contribution in [0.2, 0.25) is 0 Å². The molecule has 3 nitrogen and oxygen atoms in total. The maximum atomic E-state index is 11.6. The van der Waals surface area contributed by atoms with Gasteiger partial charge in [-0.2, -0.15) is 0 Å². The van der Waals surface area contributed by atoms with Crippen molar-refractivity contribution in [2.75, 3.05) is 0 Å². The van der Waals surface area contributed by atoms with Crippen LogP contribution in [0.3, 0.4) is 0 Å². The first-order valence-corrected chi connectivity index (χ1v) is 6.18. The molecule has 0 aromatic carbocycles. The molecule has 4 heteroatoms. The van der Waals surface area contributed by atoms with E-state index in [1.165, 1.54) is 0 Å². The molecule has 0 aliphatic heterocycles. The first-order valence-electron chi connectivity index (χ1n) is 5.38. The van der Waals surface area contributed by atoms with Crippen molar-refractivity contribution in [2.24, 2.45) is 0 Å². The Hall–Kier alpha value is -0.640. The summed E-state index contributed by atoms with van der Waals surface area (Å²) >= 11 is 3.28. The Bertz CT molecular complexity index is 387. The number of rotatable bonds is 4. The van der Waals surface area contributed by atoms with E-state index in [0.29, 0.717) is 10.4 Å². The Morgan fingerprint density at radius 2 is 2.13 bits per heavy atom. The van der Waals surface area contributed by atoms with E-state index in [1.54, 1.807) is 0 Å². The Kier molecular flexibility index (Phi) is 4.51. The van der Waals surface area contributed by atoms with Crippen LogP contribution in [0, 0.1) is 0 Å². The van der Waals surface area contributed by atoms with Gasteiger partial charge in [-0.05, 0) is 28.8 Å². The van der Waals surface area contributed by atoms with Gasteiger partial charge >= 0.3 is 0 Å². The summed E-state index contributed by atoms with van der Waals surface area (Å²) in [5, 5.41) is 0. The molecule has 1 N–H and O–H groups in total. The fraction of sp³-hybridized carbons (Fsp3) is 0.636. The number of hydrogen-bond acceptors (Lipinski definition) is 2. The summed E-state index contributed by atoms with van der Waals surface area (Å²) in [6.07, 6.45) is 2.82. The zero-order valence-electron chi connectivity index (χ0n) is 9.43. The SMILES string of the molecule is CCCc1nc(C(C)CC)[nH]c(=O)c1Br. The van der Waals surface area contributed by atoms with Gasteiger partial charge in [-0.25, -0.2) is 4.98 Å². The molecule has 1 rings (SSSR count). The number of nitrogens with one attached hydrogen (secondary N) is 1. The molecular weight excluding hydrogens is 256 g/mol. The van der Waals surface area contributed by atoms with E-state index in [4.69, 9.17) is 0 Å². The highest BCUT2D eigenvalue weighted by atomic mass is 79.9. The second-order valence-electron chi connectivity index (χ2n) is 3.77.